The number of unbranched alkanes of at least 4 members (excludes halogenated alkanes) is 2. The van der Waals surface area contributed by atoms with Gasteiger partial charge in [0.2, 0.25) is 17.7 Å². The number of hydrogen-bond donors (Lipinski definition) is 4. The Bertz CT molecular complexity index is 1070. The van der Waals surface area contributed by atoms with Gasteiger partial charge in [-0.25, -0.2) is 4.79 Å². The fraction of sp³-hybridized carbons (Fsp3) is 0.385. The van der Waals surface area contributed by atoms with Crippen LogP contribution in [0.25, 0.3) is 0 Å². The van der Waals surface area contributed by atoms with Crippen LogP contribution in [0.3, 0.4) is 0 Å². The highest BCUT2D eigenvalue weighted by Crippen LogP contribution is 2.21. The number of carbonyl (C=O) groups is 4. The summed E-state index contributed by atoms with van der Waals surface area (Å²) in [7, 11) is 0. The molecule has 9 nitrogen and oxygen atoms in total. The van der Waals surface area contributed by atoms with Crippen LogP contribution in [0.2, 0.25) is 0 Å². The van der Waals surface area contributed by atoms with Crippen LogP contribution < -0.4 is 21.3 Å². The molecular weight excluding hydrogens is 528 g/mol. The zero-order chi connectivity index (χ0) is 26.6. The van der Waals surface area contributed by atoms with E-state index in [1.54, 1.807) is 45.0 Å². The molecule has 4 N–H and O–H groups in total. The summed E-state index contributed by atoms with van der Waals surface area (Å²) in [6.45, 7) is 4.92. The van der Waals surface area contributed by atoms with Crippen molar-refractivity contribution in [3.63, 3.8) is 0 Å². The number of para-hydroxylation sites is 2. The largest absolute Gasteiger partial charge is 0.444 e. The van der Waals surface area contributed by atoms with Crippen molar-refractivity contribution in [1.82, 2.24) is 5.32 Å². The number of hydrogen-bond acceptors (Lipinski definition) is 5. The number of carbonyl (C=O) groups excluding carboxylic acids is 4. The smallest absolute Gasteiger partial charge is 0.408 e. The topological polar surface area (TPSA) is 126 Å². The Morgan fingerprint density at radius 1 is 0.778 bits per heavy atom. The predicted molar refractivity (Wildman–Crippen MR) is 144 cm³/mol. The molecule has 194 valence electrons. The molecule has 0 unspecified atom stereocenters. The predicted octanol–water partition coefficient (Wildman–Crippen LogP) is 5.44. The average Bonchev–Trinajstić information content (AvgIpc) is 2.77. The Hall–Kier alpha value is -3.40. The Labute approximate surface area is 219 Å². The van der Waals surface area contributed by atoms with Crippen molar-refractivity contribution in [1.29, 1.82) is 0 Å². The van der Waals surface area contributed by atoms with Gasteiger partial charge in [0, 0.05) is 23.0 Å². The second-order valence-electron chi connectivity index (χ2n) is 9.12. The summed E-state index contributed by atoms with van der Waals surface area (Å²) in [4.78, 5) is 48.4. The summed E-state index contributed by atoms with van der Waals surface area (Å²) in [5.41, 5.74) is 0.955. The van der Waals surface area contributed by atoms with Crippen molar-refractivity contribution in [2.75, 3.05) is 22.5 Å². The van der Waals surface area contributed by atoms with Crippen LogP contribution in [0.4, 0.5) is 21.9 Å². The maximum Gasteiger partial charge on any atom is 0.408 e. The third-order valence-electron chi connectivity index (χ3n) is 4.68. The molecule has 0 aliphatic rings. The molecular formula is C26H33BrN4O5. The molecule has 2 aromatic carbocycles. The van der Waals surface area contributed by atoms with E-state index in [9.17, 15) is 19.2 Å². The van der Waals surface area contributed by atoms with Crippen LogP contribution in [0.15, 0.2) is 53.0 Å². The van der Waals surface area contributed by atoms with Crippen LogP contribution in [0.5, 0.6) is 0 Å². The van der Waals surface area contributed by atoms with E-state index < -0.39 is 17.6 Å². The van der Waals surface area contributed by atoms with Crippen molar-refractivity contribution < 1.29 is 23.9 Å². The van der Waals surface area contributed by atoms with E-state index >= 15 is 0 Å². The molecule has 4 amide bonds. The highest BCUT2D eigenvalue weighted by atomic mass is 79.9. The number of rotatable bonds is 11. The molecule has 0 aliphatic heterocycles. The molecule has 0 aromatic heterocycles. The van der Waals surface area contributed by atoms with Gasteiger partial charge in [0.1, 0.15) is 12.1 Å². The second-order valence-corrected chi connectivity index (χ2v) is 10.0. The Morgan fingerprint density at radius 2 is 1.36 bits per heavy atom. The van der Waals surface area contributed by atoms with Crippen molar-refractivity contribution in [2.45, 2.75) is 58.5 Å². The molecule has 0 spiro atoms. The lowest BCUT2D eigenvalue weighted by Crippen LogP contribution is -2.37. The number of halogens is 1. The average molecular weight is 561 g/mol. The molecule has 10 heteroatoms. The number of benzene rings is 2. The van der Waals surface area contributed by atoms with E-state index in [0.29, 0.717) is 30.6 Å². The van der Waals surface area contributed by atoms with E-state index in [0.717, 1.165) is 16.6 Å². The summed E-state index contributed by atoms with van der Waals surface area (Å²) in [5.74, 6) is -0.714. The van der Waals surface area contributed by atoms with Gasteiger partial charge in [0.15, 0.2) is 0 Å². The first-order chi connectivity index (χ1) is 17.0. The molecule has 0 radical (unpaired) electrons. The van der Waals surface area contributed by atoms with Crippen LogP contribution in [0.1, 0.15) is 52.9 Å². The number of ether oxygens (including phenoxy) is 1. The summed E-state index contributed by atoms with van der Waals surface area (Å²) in [6, 6.07) is 14.2. The highest BCUT2D eigenvalue weighted by molar-refractivity contribution is 9.10. The fourth-order valence-corrected chi connectivity index (χ4v) is 3.51. The highest BCUT2D eigenvalue weighted by Gasteiger charge is 2.17. The van der Waals surface area contributed by atoms with Crippen LogP contribution >= 0.6 is 15.9 Å². The summed E-state index contributed by atoms with van der Waals surface area (Å²) in [6.07, 6.45) is 2.00. The first-order valence-electron chi connectivity index (χ1n) is 11.7. The quantitative estimate of drug-likeness (QED) is 0.272. The maximum absolute atomic E-state index is 12.4. The third-order valence-corrected chi connectivity index (χ3v) is 5.18. The van der Waals surface area contributed by atoms with Crippen molar-refractivity contribution >= 4 is 56.8 Å². The minimum absolute atomic E-state index is 0.0663. The van der Waals surface area contributed by atoms with E-state index in [1.165, 1.54) is 0 Å². The number of amides is 4. The Kier molecular flexibility index (Phi) is 11.4. The fourth-order valence-electron chi connectivity index (χ4n) is 3.11. The first kappa shape index (κ1) is 28.8. The van der Waals surface area contributed by atoms with Gasteiger partial charge in [-0.3, -0.25) is 14.4 Å². The van der Waals surface area contributed by atoms with Gasteiger partial charge < -0.3 is 26.0 Å². The minimum atomic E-state index is -0.690. The first-order valence-corrected chi connectivity index (χ1v) is 12.5. The van der Waals surface area contributed by atoms with Crippen molar-refractivity contribution in [3.05, 3.63) is 53.0 Å². The third kappa shape index (κ3) is 11.8. The molecule has 0 atom stereocenters. The van der Waals surface area contributed by atoms with E-state index in [4.69, 9.17) is 4.74 Å². The molecule has 36 heavy (non-hydrogen) atoms. The van der Waals surface area contributed by atoms with E-state index in [1.807, 2.05) is 24.3 Å². The van der Waals surface area contributed by atoms with Crippen LogP contribution in [0, 0.1) is 0 Å². The van der Waals surface area contributed by atoms with Crippen molar-refractivity contribution in [3.8, 4) is 0 Å². The summed E-state index contributed by atoms with van der Waals surface area (Å²) < 4.78 is 6.00. The Morgan fingerprint density at radius 3 is 1.94 bits per heavy atom. The molecule has 0 aliphatic carbocycles. The summed E-state index contributed by atoms with van der Waals surface area (Å²) in [5, 5.41) is 10.7. The standard InChI is InChI=1S/C26H33BrN4O5/c1-26(2,3)36-25(35)28-17-24(34)31-21-13-8-7-12-20(21)30-23(33)15-6-4-5-14-22(32)29-19-11-9-10-18(27)16-19/h7-13,16H,4-6,14-15,17H2,1-3H3,(H,28,35)(H,29,32)(H,30,33)(H,31,34). The molecule has 0 saturated carbocycles. The molecule has 0 fully saturated rings. The minimum Gasteiger partial charge on any atom is -0.444 e. The molecule has 0 bridgehead atoms. The zero-order valence-electron chi connectivity index (χ0n) is 20.8. The van der Waals surface area contributed by atoms with Crippen LogP contribution in [-0.2, 0) is 19.1 Å². The molecule has 0 heterocycles. The normalized spacial score (nSPS) is 10.8. The van der Waals surface area contributed by atoms with Gasteiger partial charge in [0.05, 0.1) is 11.4 Å². The zero-order valence-corrected chi connectivity index (χ0v) is 22.4. The number of nitrogens with one attached hydrogen (secondary N) is 4. The van der Waals surface area contributed by atoms with Gasteiger partial charge in [-0.15, -0.1) is 0 Å². The van der Waals surface area contributed by atoms with E-state index in [2.05, 4.69) is 37.2 Å². The second kappa shape index (κ2) is 14.2. The number of alkyl carbamates (subject to hydrolysis) is 1. The lowest BCUT2D eigenvalue weighted by atomic mass is 10.1. The molecule has 2 rings (SSSR count). The van der Waals surface area contributed by atoms with Gasteiger partial charge >= 0.3 is 6.09 Å². The van der Waals surface area contributed by atoms with Crippen LogP contribution in [-0.4, -0.2) is 36.0 Å². The van der Waals surface area contributed by atoms with Gasteiger partial charge in [-0.05, 0) is 63.9 Å². The molecule has 0 saturated heterocycles. The monoisotopic (exact) mass is 560 g/mol. The number of anilines is 3. The SMILES string of the molecule is CC(C)(C)OC(=O)NCC(=O)Nc1ccccc1NC(=O)CCCCCC(=O)Nc1cccc(Br)c1. The van der Waals surface area contributed by atoms with Crippen molar-refractivity contribution in [2.24, 2.45) is 0 Å². The van der Waals surface area contributed by atoms with Gasteiger partial charge in [-0.2, -0.15) is 0 Å². The summed E-state index contributed by atoms with van der Waals surface area (Å²) >= 11 is 3.37. The lowest BCUT2D eigenvalue weighted by molar-refractivity contribution is -0.117. The molecule has 2 aromatic rings. The van der Waals surface area contributed by atoms with E-state index in [-0.39, 0.29) is 24.8 Å². The maximum atomic E-state index is 12.4. The lowest BCUT2D eigenvalue weighted by Gasteiger charge is -2.19. The Balaban J connectivity index is 1.70. The van der Waals surface area contributed by atoms with Gasteiger partial charge in [0.25, 0.3) is 0 Å². The van der Waals surface area contributed by atoms with Gasteiger partial charge in [-0.1, -0.05) is 40.5 Å².